The summed E-state index contributed by atoms with van der Waals surface area (Å²) in [6.07, 6.45) is 0. The molecule has 0 spiro atoms. The van der Waals surface area contributed by atoms with Crippen molar-refractivity contribution in [3.63, 3.8) is 0 Å². The molecular formula is C23H18O10. The summed E-state index contributed by atoms with van der Waals surface area (Å²) in [4.78, 5) is 44.3. The minimum atomic E-state index is -1.89. The summed E-state index contributed by atoms with van der Waals surface area (Å²) in [5, 5.41) is 35.8. The van der Waals surface area contributed by atoms with Gasteiger partial charge in [0.2, 0.25) is 0 Å². The Bertz CT molecular complexity index is 1130. The molecule has 0 bridgehead atoms. The molecule has 0 amide bonds. The minimum Gasteiger partial charge on any atom is -0.496 e. The molecule has 4 N–H and O–H groups in total. The summed E-state index contributed by atoms with van der Waals surface area (Å²) in [5.74, 6) is -6.05. The standard InChI is InChI=1S/C12H10O.C11H8O9/c1-3-7-11(8-4-1)13-12-9-5-2-6-10-12;1-20-4-2-3(8(12)13)5(9(14)15)7(11(18)19)6(4)10(16)17/h1-10H;2H,1H3,(H,12,13)(H,14,15)(H,16,17)(H,18,19). The third-order valence-electron chi connectivity index (χ3n) is 4.11. The van der Waals surface area contributed by atoms with Crippen molar-refractivity contribution in [2.75, 3.05) is 7.11 Å². The van der Waals surface area contributed by atoms with Crippen LogP contribution in [0.15, 0.2) is 66.7 Å². The summed E-state index contributed by atoms with van der Waals surface area (Å²) in [7, 11) is 0.999. The topological polar surface area (TPSA) is 168 Å². The molecule has 0 aromatic heterocycles. The number of hydrogen-bond donors (Lipinski definition) is 4. The number of aromatic carboxylic acids is 4. The molecule has 0 aliphatic rings. The van der Waals surface area contributed by atoms with Crippen molar-refractivity contribution in [3.05, 3.63) is 89.0 Å². The van der Waals surface area contributed by atoms with Gasteiger partial charge >= 0.3 is 23.9 Å². The van der Waals surface area contributed by atoms with E-state index in [9.17, 15) is 19.2 Å². The first-order valence-electron chi connectivity index (χ1n) is 9.13. The van der Waals surface area contributed by atoms with Crippen LogP contribution in [0.3, 0.4) is 0 Å². The molecule has 0 saturated carbocycles. The van der Waals surface area contributed by atoms with Crippen LogP contribution in [0.4, 0.5) is 0 Å². The number of para-hydroxylation sites is 2. The quantitative estimate of drug-likeness (QED) is 0.410. The lowest BCUT2D eigenvalue weighted by Gasteiger charge is -2.13. The fraction of sp³-hybridized carbons (Fsp3) is 0.0435. The van der Waals surface area contributed by atoms with Crippen LogP contribution in [0.5, 0.6) is 17.2 Å². The fourth-order valence-electron chi connectivity index (χ4n) is 2.75. The molecule has 10 nitrogen and oxygen atoms in total. The number of methoxy groups -OCH3 is 1. The Balaban J connectivity index is 0.000000254. The number of rotatable bonds is 7. The van der Waals surface area contributed by atoms with Gasteiger partial charge in [-0.1, -0.05) is 36.4 Å². The molecule has 0 heterocycles. The van der Waals surface area contributed by atoms with Crippen molar-refractivity contribution in [2.24, 2.45) is 0 Å². The molecule has 3 aromatic carbocycles. The highest BCUT2D eigenvalue weighted by atomic mass is 16.5. The maximum Gasteiger partial charge on any atom is 0.340 e. The van der Waals surface area contributed by atoms with Gasteiger partial charge < -0.3 is 29.9 Å². The van der Waals surface area contributed by atoms with Crippen molar-refractivity contribution in [1.82, 2.24) is 0 Å². The third kappa shape index (κ3) is 6.07. The molecule has 33 heavy (non-hydrogen) atoms. The van der Waals surface area contributed by atoms with Crippen LogP contribution >= 0.6 is 0 Å². The van der Waals surface area contributed by atoms with Gasteiger partial charge in [0.1, 0.15) is 22.8 Å². The first-order chi connectivity index (χ1) is 15.7. The molecule has 0 fully saturated rings. The van der Waals surface area contributed by atoms with E-state index >= 15 is 0 Å². The molecule has 3 rings (SSSR count). The smallest absolute Gasteiger partial charge is 0.340 e. The molecule has 170 valence electrons. The molecule has 3 aromatic rings. The molecule has 0 aliphatic heterocycles. The highest BCUT2D eigenvalue weighted by Crippen LogP contribution is 2.30. The Labute approximate surface area is 186 Å². The van der Waals surface area contributed by atoms with Gasteiger partial charge in [-0.3, -0.25) is 0 Å². The fourth-order valence-corrected chi connectivity index (χ4v) is 2.75. The van der Waals surface area contributed by atoms with E-state index in [1.807, 2.05) is 60.7 Å². The highest BCUT2D eigenvalue weighted by Gasteiger charge is 2.33. The Morgan fingerprint density at radius 2 is 1.03 bits per heavy atom. The molecule has 0 radical (unpaired) electrons. The monoisotopic (exact) mass is 454 g/mol. The van der Waals surface area contributed by atoms with Crippen molar-refractivity contribution >= 4 is 23.9 Å². The summed E-state index contributed by atoms with van der Waals surface area (Å²) in [6, 6.07) is 20.2. The first-order valence-corrected chi connectivity index (χ1v) is 9.13. The maximum absolute atomic E-state index is 11.1. The molecule has 10 heteroatoms. The van der Waals surface area contributed by atoms with Crippen LogP contribution in [-0.4, -0.2) is 51.4 Å². The average molecular weight is 454 g/mol. The maximum atomic E-state index is 11.1. The van der Waals surface area contributed by atoms with E-state index in [2.05, 4.69) is 4.74 Å². The van der Waals surface area contributed by atoms with Crippen LogP contribution in [0, 0.1) is 0 Å². The number of carbonyl (C=O) groups is 4. The molecule has 0 unspecified atom stereocenters. The largest absolute Gasteiger partial charge is 0.496 e. The van der Waals surface area contributed by atoms with Gasteiger partial charge in [-0.15, -0.1) is 0 Å². The lowest BCUT2D eigenvalue weighted by Crippen LogP contribution is -2.20. The second-order valence-electron chi connectivity index (χ2n) is 6.20. The molecule has 0 saturated heterocycles. The van der Waals surface area contributed by atoms with Gasteiger partial charge in [0.15, 0.2) is 0 Å². The van der Waals surface area contributed by atoms with Crippen molar-refractivity contribution < 1.29 is 49.1 Å². The van der Waals surface area contributed by atoms with Crippen molar-refractivity contribution in [3.8, 4) is 17.2 Å². The van der Waals surface area contributed by atoms with Gasteiger partial charge in [-0.25, -0.2) is 19.2 Å². The van der Waals surface area contributed by atoms with Gasteiger partial charge in [0, 0.05) is 0 Å². The number of hydrogen-bond acceptors (Lipinski definition) is 6. The van der Waals surface area contributed by atoms with Gasteiger partial charge in [0.05, 0.1) is 23.8 Å². The van der Waals surface area contributed by atoms with Crippen molar-refractivity contribution in [2.45, 2.75) is 0 Å². The lowest BCUT2D eigenvalue weighted by molar-refractivity contribution is 0.0617. The number of benzene rings is 3. The van der Waals surface area contributed by atoms with E-state index in [0.717, 1.165) is 18.6 Å². The Morgan fingerprint density at radius 3 is 1.36 bits per heavy atom. The van der Waals surface area contributed by atoms with Crippen LogP contribution in [0.1, 0.15) is 41.4 Å². The number of carboxylic acid groups (broad SMARTS) is 4. The van der Waals surface area contributed by atoms with E-state index in [4.69, 9.17) is 25.2 Å². The predicted octanol–water partition coefficient (Wildman–Crippen LogP) is 3.97. The first kappa shape index (κ1) is 24.4. The minimum absolute atomic E-state index is 0.558. The van der Waals surface area contributed by atoms with E-state index in [0.29, 0.717) is 6.07 Å². The predicted molar refractivity (Wildman–Crippen MR) is 114 cm³/mol. The molecule has 0 atom stereocenters. The van der Waals surface area contributed by atoms with E-state index in [-0.39, 0.29) is 0 Å². The molecule has 0 aliphatic carbocycles. The average Bonchev–Trinajstić information content (AvgIpc) is 2.79. The van der Waals surface area contributed by atoms with Crippen molar-refractivity contribution in [1.29, 1.82) is 0 Å². The summed E-state index contributed by atoms with van der Waals surface area (Å²) in [5.41, 5.74) is -4.08. The lowest BCUT2D eigenvalue weighted by atomic mass is 9.94. The summed E-state index contributed by atoms with van der Waals surface area (Å²) < 4.78 is 10.2. The second-order valence-corrected chi connectivity index (χ2v) is 6.20. The number of ether oxygens (including phenoxy) is 2. The van der Waals surface area contributed by atoms with Crippen LogP contribution in [0.25, 0.3) is 0 Å². The zero-order valence-electron chi connectivity index (χ0n) is 17.1. The summed E-state index contributed by atoms with van der Waals surface area (Å²) >= 11 is 0. The van der Waals surface area contributed by atoms with Crippen LogP contribution < -0.4 is 9.47 Å². The second kappa shape index (κ2) is 11.0. The Kier molecular flexibility index (Phi) is 8.10. The van der Waals surface area contributed by atoms with E-state index in [1.54, 1.807) is 0 Å². The van der Waals surface area contributed by atoms with Crippen LogP contribution in [-0.2, 0) is 0 Å². The number of carboxylic acids is 4. The SMILES string of the molecule is COc1cc(C(=O)O)c(C(=O)O)c(C(=O)O)c1C(=O)O.c1ccc(Oc2ccccc2)cc1. The normalized spacial score (nSPS) is 9.73. The van der Waals surface area contributed by atoms with Gasteiger partial charge in [0.25, 0.3) is 0 Å². The highest BCUT2D eigenvalue weighted by molar-refractivity contribution is 6.15. The zero-order chi connectivity index (χ0) is 24.5. The van der Waals surface area contributed by atoms with Gasteiger partial charge in [-0.2, -0.15) is 0 Å². The third-order valence-corrected chi connectivity index (χ3v) is 4.11. The van der Waals surface area contributed by atoms with Gasteiger partial charge in [-0.05, 0) is 30.3 Å². The zero-order valence-corrected chi connectivity index (χ0v) is 17.1. The molecular weight excluding hydrogens is 436 g/mol. The van der Waals surface area contributed by atoms with Crippen LogP contribution in [0.2, 0.25) is 0 Å². The van der Waals surface area contributed by atoms with E-state index in [1.165, 1.54) is 0 Å². The van der Waals surface area contributed by atoms with E-state index < -0.39 is 51.9 Å². The Hall–Kier alpha value is -4.86. The Morgan fingerprint density at radius 1 is 0.606 bits per heavy atom. The summed E-state index contributed by atoms with van der Waals surface area (Å²) in [6.45, 7) is 0.